The van der Waals surface area contributed by atoms with Crippen molar-refractivity contribution >= 4 is 31.5 Å². The van der Waals surface area contributed by atoms with Crippen LogP contribution in [0.5, 0.6) is 0 Å². The highest BCUT2D eigenvalue weighted by Gasteiger charge is 2.36. The summed E-state index contributed by atoms with van der Waals surface area (Å²) < 4.78 is 47.2. The smallest absolute Gasteiger partial charge is 0.242 e. The third-order valence-electron chi connectivity index (χ3n) is 3.48. The van der Waals surface area contributed by atoms with Crippen LogP contribution in [-0.2, 0) is 24.7 Å². The molecule has 1 amide bonds. The van der Waals surface area contributed by atoms with Crippen LogP contribution in [0, 0.1) is 0 Å². The molecule has 1 aliphatic rings. The Labute approximate surface area is 130 Å². The number of anilines is 1. The zero-order valence-corrected chi connectivity index (χ0v) is 13.9. The van der Waals surface area contributed by atoms with E-state index in [4.69, 9.17) is 0 Å². The number of nitrogens with zero attached hydrogens (tertiary/aromatic N) is 1. The number of benzene rings is 1. The van der Waals surface area contributed by atoms with Crippen LogP contribution in [-0.4, -0.2) is 52.1 Å². The fourth-order valence-corrected chi connectivity index (χ4v) is 4.16. The predicted molar refractivity (Wildman–Crippen MR) is 82.8 cm³/mol. The molecule has 1 fully saturated rings. The van der Waals surface area contributed by atoms with Crippen LogP contribution in [0.4, 0.5) is 5.69 Å². The van der Waals surface area contributed by atoms with Gasteiger partial charge in [-0.3, -0.25) is 4.79 Å². The molecule has 2 rings (SSSR count). The summed E-state index contributed by atoms with van der Waals surface area (Å²) in [6, 6.07) is 5.04. The summed E-state index contributed by atoms with van der Waals surface area (Å²) in [6.07, 6.45) is 3.29. The summed E-state index contributed by atoms with van der Waals surface area (Å²) in [5.41, 5.74) is 0.428. The van der Waals surface area contributed by atoms with Gasteiger partial charge in [-0.25, -0.2) is 16.8 Å². The minimum Gasteiger partial charge on any atom is -0.325 e. The molecule has 7 nitrogen and oxygen atoms in total. The molecule has 0 aliphatic carbocycles. The Morgan fingerprint density at radius 1 is 1.14 bits per heavy atom. The van der Waals surface area contributed by atoms with Crippen molar-refractivity contribution in [2.24, 2.45) is 0 Å². The molecule has 1 aromatic rings. The SMILES string of the molecule is CS(=O)(=O)c1ccc(NC(=O)C2CCCN2S(C)(=O)=O)cc1. The minimum atomic E-state index is -3.42. The number of carbonyl (C=O) groups excluding carboxylic acids is 1. The first-order chi connectivity index (χ1) is 10.1. The maximum Gasteiger partial charge on any atom is 0.242 e. The first-order valence-corrected chi connectivity index (χ1v) is 10.4. The Morgan fingerprint density at radius 3 is 2.23 bits per heavy atom. The molecule has 0 radical (unpaired) electrons. The number of amides is 1. The van der Waals surface area contributed by atoms with E-state index in [2.05, 4.69) is 5.32 Å². The molecule has 1 atom stereocenters. The summed E-state index contributed by atoms with van der Waals surface area (Å²) >= 11 is 0. The molecule has 0 aromatic heterocycles. The van der Waals surface area contributed by atoms with E-state index in [1.165, 1.54) is 28.6 Å². The van der Waals surface area contributed by atoms with Crippen molar-refractivity contribution in [1.82, 2.24) is 4.31 Å². The third-order valence-corrected chi connectivity index (χ3v) is 5.90. The van der Waals surface area contributed by atoms with Gasteiger partial charge in [0.05, 0.1) is 11.2 Å². The van der Waals surface area contributed by atoms with Crippen LogP contribution in [0.2, 0.25) is 0 Å². The summed E-state index contributed by atoms with van der Waals surface area (Å²) in [5.74, 6) is -0.407. The number of hydrogen-bond acceptors (Lipinski definition) is 5. The van der Waals surface area contributed by atoms with E-state index in [0.717, 1.165) is 12.5 Å². The molecule has 1 N–H and O–H groups in total. The average molecular weight is 346 g/mol. The summed E-state index contributed by atoms with van der Waals surface area (Å²) in [7, 11) is -6.71. The maximum absolute atomic E-state index is 12.2. The van der Waals surface area contributed by atoms with Crippen molar-refractivity contribution in [1.29, 1.82) is 0 Å². The van der Waals surface area contributed by atoms with E-state index >= 15 is 0 Å². The van der Waals surface area contributed by atoms with Crippen molar-refractivity contribution in [3.8, 4) is 0 Å². The lowest BCUT2D eigenvalue weighted by Gasteiger charge is -2.21. The molecule has 1 unspecified atom stereocenters. The van der Waals surface area contributed by atoms with Crippen molar-refractivity contribution < 1.29 is 21.6 Å². The van der Waals surface area contributed by atoms with Gasteiger partial charge in [-0.15, -0.1) is 0 Å². The maximum atomic E-state index is 12.2. The fourth-order valence-electron chi connectivity index (χ4n) is 2.41. The van der Waals surface area contributed by atoms with Crippen molar-refractivity contribution in [2.75, 3.05) is 24.4 Å². The first-order valence-electron chi connectivity index (χ1n) is 6.67. The van der Waals surface area contributed by atoms with E-state index in [1.54, 1.807) is 0 Å². The Hall–Kier alpha value is -1.45. The molecule has 1 heterocycles. The van der Waals surface area contributed by atoms with Crippen molar-refractivity contribution in [3.05, 3.63) is 24.3 Å². The van der Waals surface area contributed by atoms with Gasteiger partial charge in [0.2, 0.25) is 15.9 Å². The number of nitrogens with one attached hydrogen (secondary N) is 1. The van der Waals surface area contributed by atoms with E-state index < -0.39 is 31.8 Å². The Kier molecular flexibility index (Phi) is 4.59. The second-order valence-electron chi connectivity index (χ2n) is 5.32. The van der Waals surface area contributed by atoms with E-state index in [0.29, 0.717) is 25.1 Å². The molecular formula is C13H18N2O5S2. The minimum absolute atomic E-state index is 0.157. The normalized spacial score (nSPS) is 20.0. The third kappa shape index (κ3) is 3.84. The number of rotatable bonds is 4. The van der Waals surface area contributed by atoms with E-state index in [-0.39, 0.29) is 4.90 Å². The van der Waals surface area contributed by atoms with Gasteiger partial charge in [0.25, 0.3) is 0 Å². The molecule has 0 bridgehead atoms. The molecule has 1 aliphatic heterocycles. The van der Waals surface area contributed by atoms with E-state index in [9.17, 15) is 21.6 Å². The zero-order valence-electron chi connectivity index (χ0n) is 12.3. The molecule has 1 saturated heterocycles. The summed E-state index contributed by atoms with van der Waals surface area (Å²) in [5, 5.41) is 2.62. The molecule has 0 spiro atoms. The summed E-state index contributed by atoms with van der Waals surface area (Å²) in [4.78, 5) is 12.4. The van der Waals surface area contributed by atoms with Crippen molar-refractivity contribution in [2.45, 2.75) is 23.8 Å². The summed E-state index contributed by atoms with van der Waals surface area (Å²) in [6.45, 7) is 0.337. The van der Waals surface area contributed by atoms with Gasteiger partial charge in [-0.2, -0.15) is 4.31 Å². The van der Waals surface area contributed by atoms with Crippen LogP contribution in [0.15, 0.2) is 29.2 Å². The van der Waals surface area contributed by atoms with Gasteiger partial charge in [0.15, 0.2) is 9.84 Å². The zero-order chi connectivity index (χ0) is 16.5. The van der Waals surface area contributed by atoms with Gasteiger partial charge < -0.3 is 5.32 Å². The lowest BCUT2D eigenvalue weighted by atomic mass is 10.2. The highest BCUT2D eigenvalue weighted by Crippen LogP contribution is 2.22. The second-order valence-corrected chi connectivity index (χ2v) is 9.27. The largest absolute Gasteiger partial charge is 0.325 e. The molecule has 22 heavy (non-hydrogen) atoms. The van der Waals surface area contributed by atoms with Crippen LogP contribution >= 0.6 is 0 Å². The van der Waals surface area contributed by atoms with Gasteiger partial charge in [0, 0.05) is 18.5 Å². The van der Waals surface area contributed by atoms with Crippen molar-refractivity contribution in [3.63, 3.8) is 0 Å². The van der Waals surface area contributed by atoms with Gasteiger partial charge in [-0.1, -0.05) is 0 Å². The Bertz CT molecular complexity index is 769. The number of sulfonamides is 1. The number of sulfone groups is 1. The quantitative estimate of drug-likeness (QED) is 0.853. The number of hydrogen-bond donors (Lipinski definition) is 1. The molecule has 122 valence electrons. The molecular weight excluding hydrogens is 328 g/mol. The molecule has 9 heteroatoms. The average Bonchev–Trinajstić information content (AvgIpc) is 2.87. The molecule has 1 aromatic carbocycles. The van der Waals surface area contributed by atoms with Crippen LogP contribution in [0.3, 0.4) is 0 Å². The van der Waals surface area contributed by atoms with Gasteiger partial charge in [0.1, 0.15) is 6.04 Å². The fraction of sp³-hybridized carbons (Fsp3) is 0.462. The number of carbonyl (C=O) groups is 1. The highest BCUT2D eigenvalue weighted by atomic mass is 32.2. The monoisotopic (exact) mass is 346 g/mol. The lowest BCUT2D eigenvalue weighted by Crippen LogP contribution is -2.42. The van der Waals surface area contributed by atoms with E-state index in [1.807, 2.05) is 0 Å². The standard InChI is InChI=1S/C13H18N2O5S2/c1-21(17,18)11-7-5-10(6-8-11)14-13(16)12-4-3-9-15(12)22(2,19)20/h5-8,12H,3-4,9H2,1-2H3,(H,14,16). The highest BCUT2D eigenvalue weighted by molar-refractivity contribution is 7.90. The predicted octanol–water partition coefficient (Wildman–Crippen LogP) is 0.453. The topological polar surface area (TPSA) is 101 Å². The Morgan fingerprint density at radius 2 is 1.73 bits per heavy atom. The molecule has 0 saturated carbocycles. The lowest BCUT2D eigenvalue weighted by molar-refractivity contribution is -0.119. The first kappa shape index (κ1) is 16.9. The van der Waals surface area contributed by atoms with Crippen LogP contribution < -0.4 is 5.32 Å². The Balaban J connectivity index is 2.12. The van der Waals surface area contributed by atoms with Crippen LogP contribution in [0.25, 0.3) is 0 Å². The second kappa shape index (κ2) is 5.98. The van der Waals surface area contributed by atoms with Gasteiger partial charge >= 0.3 is 0 Å². The van der Waals surface area contributed by atoms with Gasteiger partial charge in [-0.05, 0) is 37.1 Å². The van der Waals surface area contributed by atoms with Crippen LogP contribution in [0.1, 0.15) is 12.8 Å².